The lowest BCUT2D eigenvalue weighted by atomic mass is 10.1. The Balaban J connectivity index is 1.21. The number of aromatic nitrogens is 2. The van der Waals surface area contributed by atoms with Gasteiger partial charge in [0.15, 0.2) is 5.82 Å². The Kier molecular flexibility index (Phi) is 8.13. The first-order valence-corrected chi connectivity index (χ1v) is 13.2. The first-order chi connectivity index (χ1) is 19.0. The molecule has 4 aromatic rings. The summed E-state index contributed by atoms with van der Waals surface area (Å²) >= 11 is 0. The van der Waals surface area contributed by atoms with Gasteiger partial charge in [0.05, 0.1) is 6.10 Å². The molecule has 5 rings (SSSR count). The van der Waals surface area contributed by atoms with Gasteiger partial charge in [0, 0.05) is 44.1 Å². The van der Waals surface area contributed by atoms with Gasteiger partial charge in [0.25, 0.3) is 11.8 Å². The summed E-state index contributed by atoms with van der Waals surface area (Å²) < 4.78 is 5.53. The Morgan fingerprint density at radius 1 is 0.923 bits per heavy atom. The van der Waals surface area contributed by atoms with Gasteiger partial charge in [-0.1, -0.05) is 65.8 Å². The van der Waals surface area contributed by atoms with Crippen LogP contribution in [-0.4, -0.2) is 56.6 Å². The molecule has 8 nitrogen and oxygen atoms in total. The number of carbonyl (C=O) groups is 2. The van der Waals surface area contributed by atoms with Crippen LogP contribution in [0.25, 0.3) is 0 Å². The second-order valence-corrected chi connectivity index (χ2v) is 9.97. The van der Waals surface area contributed by atoms with Crippen molar-refractivity contribution in [1.29, 1.82) is 0 Å². The van der Waals surface area contributed by atoms with Crippen LogP contribution in [0.2, 0.25) is 0 Å². The Bertz CT molecular complexity index is 1390. The highest BCUT2D eigenvalue weighted by Crippen LogP contribution is 2.32. The van der Waals surface area contributed by atoms with Gasteiger partial charge < -0.3 is 19.4 Å². The van der Waals surface area contributed by atoms with Gasteiger partial charge in [-0.15, -0.1) is 0 Å². The van der Waals surface area contributed by atoms with E-state index in [0.29, 0.717) is 42.2 Å². The highest BCUT2D eigenvalue weighted by Gasteiger charge is 2.39. The SMILES string of the molecule is CN(Cc1ccccc1)C(=O)c1ccc(C(=O)N2C[C@H](O)C[C@@H]2c2nc(CCCc3ccccc3)no2)cc1. The van der Waals surface area contributed by atoms with Gasteiger partial charge in [-0.25, -0.2) is 0 Å². The summed E-state index contributed by atoms with van der Waals surface area (Å²) in [6.45, 7) is 0.668. The van der Waals surface area contributed by atoms with Crippen LogP contribution in [0.5, 0.6) is 0 Å². The van der Waals surface area contributed by atoms with E-state index >= 15 is 0 Å². The molecule has 0 unspecified atom stereocenters. The van der Waals surface area contributed by atoms with Crippen LogP contribution in [-0.2, 0) is 19.4 Å². The van der Waals surface area contributed by atoms with E-state index in [4.69, 9.17) is 4.52 Å². The van der Waals surface area contributed by atoms with Gasteiger partial charge >= 0.3 is 0 Å². The lowest BCUT2D eigenvalue weighted by Gasteiger charge is -2.22. The van der Waals surface area contributed by atoms with Crippen LogP contribution in [0.1, 0.15) is 62.4 Å². The molecular weight excluding hydrogens is 492 g/mol. The van der Waals surface area contributed by atoms with Crippen LogP contribution < -0.4 is 0 Å². The Morgan fingerprint density at radius 3 is 2.26 bits per heavy atom. The smallest absolute Gasteiger partial charge is 0.254 e. The zero-order valence-corrected chi connectivity index (χ0v) is 21.9. The second-order valence-electron chi connectivity index (χ2n) is 9.97. The number of benzene rings is 3. The minimum absolute atomic E-state index is 0.127. The molecule has 3 aromatic carbocycles. The van der Waals surface area contributed by atoms with Crippen LogP contribution in [0.4, 0.5) is 0 Å². The van der Waals surface area contributed by atoms with Gasteiger partial charge in [0.1, 0.15) is 6.04 Å². The topological polar surface area (TPSA) is 99.8 Å². The molecule has 2 amide bonds. The molecule has 0 radical (unpaired) electrons. The predicted octanol–water partition coefficient (Wildman–Crippen LogP) is 4.47. The third-order valence-electron chi connectivity index (χ3n) is 7.01. The van der Waals surface area contributed by atoms with Crippen molar-refractivity contribution in [2.45, 2.75) is 44.4 Å². The molecule has 1 aliphatic rings. The fourth-order valence-corrected chi connectivity index (χ4v) is 4.94. The Labute approximate surface area is 227 Å². The van der Waals surface area contributed by atoms with Crippen molar-refractivity contribution < 1.29 is 19.2 Å². The number of β-amino-alcohol motifs (C(OH)–C–C–N with tert-alkyl or cyclic N) is 1. The Hall–Kier alpha value is -4.30. The second kappa shape index (κ2) is 12.0. The van der Waals surface area contributed by atoms with Crippen molar-refractivity contribution in [3.8, 4) is 0 Å². The molecule has 0 aliphatic carbocycles. The van der Waals surface area contributed by atoms with Crippen LogP contribution in [0.3, 0.4) is 0 Å². The fraction of sp³-hybridized carbons (Fsp3) is 0.290. The molecule has 200 valence electrons. The number of rotatable bonds is 9. The van der Waals surface area contributed by atoms with E-state index < -0.39 is 12.1 Å². The van der Waals surface area contributed by atoms with Crippen molar-refractivity contribution >= 4 is 11.8 Å². The van der Waals surface area contributed by atoms with Gasteiger partial charge in [-0.2, -0.15) is 4.98 Å². The van der Waals surface area contributed by atoms with Gasteiger partial charge in [-0.3, -0.25) is 9.59 Å². The first-order valence-electron chi connectivity index (χ1n) is 13.2. The van der Waals surface area contributed by atoms with E-state index in [1.165, 1.54) is 5.56 Å². The maximum atomic E-state index is 13.4. The van der Waals surface area contributed by atoms with Crippen LogP contribution in [0, 0.1) is 0 Å². The summed E-state index contributed by atoms with van der Waals surface area (Å²) in [5.41, 5.74) is 3.23. The third kappa shape index (κ3) is 6.41. The molecule has 39 heavy (non-hydrogen) atoms. The van der Waals surface area contributed by atoms with E-state index in [-0.39, 0.29) is 18.4 Å². The van der Waals surface area contributed by atoms with Crippen molar-refractivity contribution in [2.75, 3.05) is 13.6 Å². The number of aliphatic hydroxyl groups excluding tert-OH is 1. The average Bonchev–Trinajstić information content (AvgIpc) is 3.60. The minimum atomic E-state index is -0.681. The summed E-state index contributed by atoms with van der Waals surface area (Å²) in [7, 11) is 1.75. The number of hydrogen-bond acceptors (Lipinski definition) is 6. The van der Waals surface area contributed by atoms with E-state index in [0.717, 1.165) is 18.4 Å². The van der Waals surface area contributed by atoms with Gasteiger partial charge in [-0.05, 0) is 48.2 Å². The fourth-order valence-electron chi connectivity index (χ4n) is 4.94. The number of aryl methyl sites for hydroxylation is 2. The van der Waals surface area contributed by atoms with E-state index in [1.807, 2.05) is 48.5 Å². The monoisotopic (exact) mass is 524 g/mol. The standard InChI is InChI=1S/C31H32N4O4/c1-34(20-23-11-6-3-7-12-23)30(37)24-15-17-25(18-16-24)31(38)35-21-26(36)19-27(35)29-32-28(33-39-29)14-8-13-22-9-4-2-5-10-22/h2-7,9-12,15-18,26-27,36H,8,13-14,19-21H2,1H3/t26-,27-/m1/s1. The maximum Gasteiger partial charge on any atom is 0.254 e. The average molecular weight is 525 g/mol. The van der Waals surface area contributed by atoms with Crippen molar-refractivity contribution in [1.82, 2.24) is 19.9 Å². The zero-order chi connectivity index (χ0) is 27.2. The molecule has 0 spiro atoms. The quantitative estimate of drug-likeness (QED) is 0.347. The number of amides is 2. The number of likely N-dealkylation sites (tertiary alicyclic amines) is 1. The molecule has 0 saturated carbocycles. The predicted molar refractivity (Wildman–Crippen MR) is 146 cm³/mol. The molecule has 0 bridgehead atoms. The molecule has 2 heterocycles. The summed E-state index contributed by atoms with van der Waals surface area (Å²) in [6, 6.07) is 26.1. The normalized spacial score (nSPS) is 16.8. The van der Waals surface area contributed by atoms with Crippen molar-refractivity contribution in [3.05, 3.63) is 119 Å². The van der Waals surface area contributed by atoms with E-state index in [1.54, 1.807) is 41.1 Å². The number of hydrogen-bond donors (Lipinski definition) is 1. The van der Waals surface area contributed by atoms with Crippen molar-refractivity contribution in [2.24, 2.45) is 0 Å². The molecule has 1 fully saturated rings. The summed E-state index contributed by atoms with van der Waals surface area (Å²) in [6.07, 6.45) is 2.11. The van der Waals surface area contributed by atoms with E-state index in [2.05, 4.69) is 22.3 Å². The van der Waals surface area contributed by atoms with Gasteiger partial charge in [0.2, 0.25) is 5.89 Å². The molecule has 8 heteroatoms. The maximum absolute atomic E-state index is 13.4. The zero-order valence-electron chi connectivity index (χ0n) is 21.9. The van der Waals surface area contributed by atoms with E-state index in [9.17, 15) is 14.7 Å². The molecular formula is C31H32N4O4. The Morgan fingerprint density at radius 2 is 1.56 bits per heavy atom. The van der Waals surface area contributed by atoms with Crippen LogP contribution >= 0.6 is 0 Å². The summed E-state index contributed by atoms with van der Waals surface area (Å²) in [4.78, 5) is 34.1. The molecule has 2 atom stereocenters. The molecule has 1 aliphatic heterocycles. The largest absolute Gasteiger partial charge is 0.391 e. The molecule has 1 aromatic heterocycles. The highest BCUT2D eigenvalue weighted by molar-refractivity contribution is 5.98. The number of aliphatic hydroxyl groups is 1. The molecule has 1 N–H and O–H groups in total. The lowest BCUT2D eigenvalue weighted by Crippen LogP contribution is -2.32. The first kappa shape index (κ1) is 26.3. The third-order valence-corrected chi connectivity index (χ3v) is 7.01. The minimum Gasteiger partial charge on any atom is -0.391 e. The lowest BCUT2D eigenvalue weighted by molar-refractivity contribution is 0.0692. The highest BCUT2D eigenvalue weighted by atomic mass is 16.5. The number of carbonyl (C=O) groups excluding carboxylic acids is 2. The van der Waals surface area contributed by atoms with Crippen molar-refractivity contribution in [3.63, 3.8) is 0 Å². The number of nitrogens with zero attached hydrogens (tertiary/aromatic N) is 4. The summed E-state index contributed by atoms with van der Waals surface area (Å²) in [5, 5.41) is 14.5. The van der Waals surface area contributed by atoms with Crippen LogP contribution in [0.15, 0.2) is 89.5 Å². The summed E-state index contributed by atoms with van der Waals surface area (Å²) in [5.74, 6) is 0.552. The molecule has 1 saturated heterocycles.